The molecule has 3 unspecified atom stereocenters. The number of nitrogens with two attached hydrogens (primary N) is 1. The number of nitrogens with zero attached hydrogens (tertiary/aromatic N) is 2. The van der Waals surface area contributed by atoms with Crippen molar-refractivity contribution in [2.24, 2.45) is 17.6 Å². The molecule has 110 valence electrons. The monoisotopic (exact) mass is 267 g/mol. The molecule has 19 heavy (non-hydrogen) atoms. The molecule has 3 atom stereocenters. The molecule has 0 aromatic heterocycles. The maximum Gasteiger partial charge on any atom is 0.227 e. The van der Waals surface area contributed by atoms with Crippen LogP contribution in [0, 0.1) is 11.8 Å². The van der Waals surface area contributed by atoms with Crippen LogP contribution in [-0.2, 0) is 4.79 Å². The second-order valence-corrected chi connectivity index (χ2v) is 6.36. The highest BCUT2D eigenvalue weighted by Crippen LogP contribution is 2.29. The van der Waals surface area contributed by atoms with E-state index in [1.165, 1.54) is 12.8 Å². The van der Waals surface area contributed by atoms with Crippen LogP contribution in [0.1, 0.15) is 39.5 Å². The van der Waals surface area contributed by atoms with E-state index in [1.807, 2.05) is 0 Å². The van der Waals surface area contributed by atoms with Gasteiger partial charge in [-0.3, -0.25) is 9.69 Å². The molecule has 4 heteroatoms. The Morgan fingerprint density at radius 2 is 1.89 bits per heavy atom. The molecule has 0 aromatic carbocycles. The highest BCUT2D eigenvalue weighted by Gasteiger charge is 2.35. The van der Waals surface area contributed by atoms with Gasteiger partial charge in [0.25, 0.3) is 0 Å². The zero-order chi connectivity index (χ0) is 13.8. The maximum absolute atomic E-state index is 12.6. The van der Waals surface area contributed by atoms with Crippen LogP contribution in [0.5, 0.6) is 0 Å². The molecule has 2 rings (SSSR count). The lowest BCUT2D eigenvalue weighted by atomic mass is 9.78. The topological polar surface area (TPSA) is 49.6 Å². The molecule has 4 nitrogen and oxygen atoms in total. The molecule has 1 saturated carbocycles. The van der Waals surface area contributed by atoms with Crippen molar-refractivity contribution in [3.05, 3.63) is 0 Å². The molecule has 0 bridgehead atoms. The molecule has 2 aliphatic rings. The summed E-state index contributed by atoms with van der Waals surface area (Å²) in [6.45, 7) is 9.42. The van der Waals surface area contributed by atoms with E-state index in [9.17, 15) is 4.79 Å². The van der Waals surface area contributed by atoms with Crippen LogP contribution in [-0.4, -0.2) is 54.5 Å². The second-order valence-electron chi connectivity index (χ2n) is 6.36. The minimum atomic E-state index is 0.0708. The predicted molar refractivity (Wildman–Crippen MR) is 77.8 cm³/mol. The summed E-state index contributed by atoms with van der Waals surface area (Å²) in [5.41, 5.74) is 6.17. The fourth-order valence-corrected chi connectivity index (χ4v) is 3.43. The Bertz CT molecular complexity index is 300. The molecular weight excluding hydrogens is 238 g/mol. The Morgan fingerprint density at radius 3 is 2.53 bits per heavy atom. The lowest BCUT2D eigenvalue weighted by Crippen LogP contribution is -2.53. The summed E-state index contributed by atoms with van der Waals surface area (Å²) in [5.74, 6) is 1.03. The fraction of sp³-hybridized carbons (Fsp3) is 0.933. The van der Waals surface area contributed by atoms with Crippen LogP contribution in [0.4, 0.5) is 0 Å². The quantitative estimate of drug-likeness (QED) is 0.838. The van der Waals surface area contributed by atoms with Gasteiger partial charge in [0.2, 0.25) is 5.91 Å². The van der Waals surface area contributed by atoms with E-state index >= 15 is 0 Å². The van der Waals surface area contributed by atoms with Crippen molar-refractivity contribution < 1.29 is 4.79 Å². The molecule has 0 spiro atoms. The Balaban J connectivity index is 1.86. The van der Waals surface area contributed by atoms with Gasteiger partial charge in [0.05, 0.1) is 5.92 Å². The van der Waals surface area contributed by atoms with Crippen LogP contribution in [0.25, 0.3) is 0 Å². The average molecular weight is 267 g/mol. The van der Waals surface area contributed by atoms with Gasteiger partial charge >= 0.3 is 0 Å². The zero-order valence-corrected chi connectivity index (χ0v) is 12.5. The molecule has 2 fully saturated rings. The molecule has 1 aliphatic heterocycles. The van der Waals surface area contributed by atoms with Crippen molar-refractivity contribution in [1.82, 2.24) is 9.80 Å². The van der Waals surface area contributed by atoms with Crippen molar-refractivity contribution in [2.45, 2.75) is 45.6 Å². The van der Waals surface area contributed by atoms with Gasteiger partial charge in [-0.1, -0.05) is 13.8 Å². The third kappa shape index (κ3) is 3.69. The summed E-state index contributed by atoms with van der Waals surface area (Å²) in [6.07, 6.45) is 4.36. The molecule has 1 amide bonds. The molecule has 1 heterocycles. The normalized spacial score (nSPS) is 33.4. The third-order valence-electron chi connectivity index (χ3n) is 4.71. The number of hydrogen-bond acceptors (Lipinski definition) is 3. The summed E-state index contributed by atoms with van der Waals surface area (Å²) in [5, 5.41) is 0. The van der Waals surface area contributed by atoms with Crippen LogP contribution in [0.2, 0.25) is 0 Å². The van der Waals surface area contributed by atoms with Gasteiger partial charge in [-0.2, -0.15) is 0 Å². The summed E-state index contributed by atoms with van der Waals surface area (Å²) in [7, 11) is 0. The fourth-order valence-electron chi connectivity index (χ4n) is 3.43. The van der Waals surface area contributed by atoms with E-state index in [0.717, 1.165) is 45.6 Å². The lowest BCUT2D eigenvalue weighted by Gasteiger charge is -2.39. The molecular formula is C15H29N3O. The molecule has 0 radical (unpaired) electrons. The van der Waals surface area contributed by atoms with Crippen molar-refractivity contribution in [3.8, 4) is 0 Å². The van der Waals surface area contributed by atoms with Crippen LogP contribution >= 0.6 is 0 Å². The Hall–Kier alpha value is -0.610. The SMILES string of the molecule is CCCN1CCN(C(=O)C2CC(C)CCC2N)CC1. The minimum absolute atomic E-state index is 0.0708. The standard InChI is InChI=1S/C15H29N3O/c1-3-6-17-7-9-18(10-8-17)15(19)13-11-12(2)4-5-14(13)16/h12-14H,3-11,16H2,1-2H3. The number of rotatable bonds is 3. The van der Waals surface area contributed by atoms with Crippen molar-refractivity contribution in [3.63, 3.8) is 0 Å². The van der Waals surface area contributed by atoms with Gasteiger partial charge in [0.1, 0.15) is 0 Å². The Labute approximate surface area is 117 Å². The maximum atomic E-state index is 12.6. The summed E-state index contributed by atoms with van der Waals surface area (Å²) < 4.78 is 0. The molecule has 0 aromatic rings. The summed E-state index contributed by atoms with van der Waals surface area (Å²) in [4.78, 5) is 17.1. The highest BCUT2D eigenvalue weighted by molar-refractivity contribution is 5.79. The van der Waals surface area contributed by atoms with Gasteiger partial charge in [0, 0.05) is 32.2 Å². The van der Waals surface area contributed by atoms with E-state index in [0.29, 0.717) is 11.8 Å². The summed E-state index contributed by atoms with van der Waals surface area (Å²) in [6, 6.07) is 0.0809. The molecule has 2 N–H and O–H groups in total. The minimum Gasteiger partial charge on any atom is -0.340 e. The summed E-state index contributed by atoms with van der Waals surface area (Å²) >= 11 is 0. The van der Waals surface area contributed by atoms with Gasteiger partial charge in [-0.25, -0.2) is 0 Å². The average Bonchev–Trinajstić information content (AvgIpc) is 2.42. The largest absolute Gasteiger partial charge is 0.340 e. The number of carbonyl (C=O) groups is 1. The van der Waals surface area contributed by atoms with E-state index in [-0.39, 0.29) is 12.0 Å². The van der Waals surface area contributed by atoms with E-state index in [4.69, 9.17) is 5.73 Å². The Kier molecular flexibility index (Phi) is 5.22. The first-order valence-electron chi connectivity index (χ1n) is 7.88. The van der Waals surface area contributed by atoms with Crippen molar-refractivity contribution in [1.29, 1.82) is 0 Å². The van der Waals surface area contributed by atoms with E-state index in [2.05, 4.69) is 23.6 Å². The van der Waals surface area contributed by atoms with E-state index < -0.39 is 0 Å². The van der Waals surface area contributed by atoms with Gasteiger partial charge in [-0.05, 0) is 38.1 Å². The number of amides is 1. The lowest BCUT2D eigenvalue weighted by molar-refractivity contribution is -0.139. The molecule has 1 aliphatic carbocycles. The first-order valence-corrected chi connectivity index (χ1v) is 7.88. The first-order chi connectivity index (χ1) is 9.11. The van der Waals surface area contributed by atoms with Crippen LogP contribution in [0.15, 0.2) is 0 Å². The highest BCUT2D eigenvalue weighted by atomic mass is 16.2. The Morgan fingerprint density at radius 1 is 1.21 bits per heavy atom. The number of carbonyl (C=O) groups excluding carboxylic acids is 1. The van der Waals surface area contributed by atoms with Gasteiger partial charge in [0.15, 0.2) is 0 Å². The predicted octanol–water partition coefficient (Wildman–Crippen LogP) is 1.30. The number of hydrogen-bond donors (Lipinski definition) is 1. The first kappa shape index (κ1) is 14.8. The third-order valence-corrected chi connectivity index (χ3v) is 4.71. The second kappa shape index (κ2) is 6.71. The van der Waals surface area contributed by atoms with Gasteiger partial charge in [-0.15, -0.1) is 0 Å². The van der Waals surface area contributed by atoms with Crippen LogP contribution in [0.3, 0.4) is 0 Å². The number of piperazine rings is 1. The molecule has 1 saturated heterocycles. The smallest absolute Gasteiger partial charge is 0.227 e. The zero-order valence-electron chi connectivity index (χ0n) is 12.5. The van der Waals surface area contributed by atoms with Crippen LogP contribution < -0.4 is 5.73 Å². The van der Waals surface area contributed by atoms with E-state index in [1.54, 1.807) is 0 Å². The van der Waals surface area contributed by atoms with Crippen molar-refractivity contribution in [2.75, 3.05) is 32.7 Å². The van der Waals surface area contributed by atoms with Gasteiger partial charge < -0.3 is 10.6 Å². The van der Waals surface area contributed by atoms with Crippen molar-refractivity contribution >= 4 is 5.91 Å².